The van der Waals surface area contributed by atoms with E-state index in [9.17, 15) is 9.46 Å². The summed E-state index contributed by atoms with van der Waals surface area (Å²) >= 11 is 0. The third kappa shape index (κ3) is 3.40. The Kier molecular flexibility index (Phi) is 3.70. The van der Waals surface area contributed by atoms with Gasteiger partial charge in [-0.05, 0) is 6.66 Å². The Morgan fingerprint density at radius 2 is 2.21 bits per heavy atom. The summed E-state index contributed by atoms with van der Waals surface area (Å²) in [6.07, 6.45) is 1.24. The van der Waals surface area contributed by atoms with E-state index in [1.807, 2.05) is 0 Å². The van der Waals surface area contributed by atoms with E-state index < -0.39 is 7.37 Å². The first-order chi connectivity index (χ1) is 8.87. The molecule has 1 atom stereocenters. The van der Waals surface area contributed by atoms with Crippen LogP contribution in [0.1, 0.15) is 0 Å². The Hall–Kier alpha value is -1.70. The van der Waals surface area contributed by atoms with Crippen molar-refractivity contribution in [1.82, 2.24) is 19.5 Å². The fraction of sp³-hybridized carbons (Fsp3) is 0.444. The molecule has 0 fully saturated rings. The van der Waals surface area contributed by atoms with Crippen LogP contribution in [0, 0.1) is 0 Å². The van der Waals surface area contributed by atoms with Crippen LogP contribution < -0.4 is 16.4 Å². The standard InChI is InChI=1S/C9H15N6O3P/c1-19(16,17)5-18-3-2-15-4-12-6-7(10)13-9(11)14-8(6)15/h4H,2-3,5H2,1H3,(H,16,17)(H4,10,11,13,14)/p-1. The molecule has 0 spiro atoms. The molecule has 2 aromatic heterocycles. The molecule has 2 heterocycles. The number of hydrogen-bond acceptors (Lipinski definition) is 8. The highest BCUT2D eigenvalue weighted by Gasteiger charge is 2.09. The first-order valence-electron chi connectivity index (χ1n) is 5.46. The largest absolute Gasteiger partial charge is 0.798 e. The molecule has 0 amide bonds. The molecule has 104 valence electrons. The zero-order valence-electron chi connectivity index (χ0n) is 10.3. The molecule has 19 heavy (non-hydrogen) atoms. The molecule has 0 aromatic carbocycles. The van der Waals surface area contributed by atoms with E-state index in [2.05, 4.69) is 15.0 Å². The first kappa shape index (κ1) is 13.7. The number of fused-ring (bicyclic) bond motifs is 1. The number of hydrogen-bond donors (Lipinski definition) is 2. The lowest BCUT2D eigenvalue weighted by Gasteiger charge is -2.17. The summed E-state index contributed by atoms with van der Waals surface area (Å²) in [5, 5.41) is 0. The van der Waals surface area contributed by atoms with Crippen LogP contribution in [0.5, 0.6) is 0 Å². The van der Waals surface area contributed by atoms with E-state index in [4.69, 9.17) is 16.2 Å². The Balaban J connectivity index is 2.07. The van der Waals surface area contributed by atoms with Gasteiger partial charge in [-0.25, -0.2) is 4.98 Å². The van der Waals surface area contributed by atoms with Crippen LogP contribution in [0.25, 0.3) is 11.2 Å². The molecule has 0 aliphatic carbocycles. The van der Waals surface area contributed by atoms with Crippen LogP contribution in [0.2, 0.25) is 0 Å². The summed E-state index contributed by atoms with van der Waals surface area (Å²) in [5.74, 6) is 0.269. The van der Waals surface area contributed by atoms with Gasteiger partial charge in [0.15, 0.2) is 11.5 Å². The molecule has 0 radical (unpaired) electrons. The molecule has 10 heteroatoms. The van der Waals surface area contributed by atoms with Gasteiger partial charge in [0, 0.05) is 13.9 Å². The molecule has 0 saturated heterocycles. The van der Waals surface area contributed by atoms with Crippen LogP contribution in [0.3, 0.4) is 0 Å². The molecule has 9 nitrogen and oxygen atoms in total. The van der Waals surface area contributed by atoms with E-state index >= 15 is 0 Å². The number of nitrogen functional groups attached to an aromatic ring is 2. The van der Waals surface area contributed by atoms with Crippen molar-refractivity contribution >= 4 is 30.3 Å². The van der Waals surface area contributed by atoms with E-state index in [0.717, 1.165) is 6.66 Å². The van der Waals surface area contributed by atoms with Gasteiger partial charge in [0.1, 0.15) is 5.52 Å². The van der Waals surface area contributed by atoms with E-state index in [0.29, 0.717) is 17.7 Å². The van der Waals surface area contributed by atoms with Gasteiger partial charge in [-0.3, -0.25) is 0 Å². The fourth-order valence-electron chi connectivity index (χ4n) is 1.54. The van der Waals surface area contributed by atoms with Crippen molar-refractivity contribution in [3.63, 3.8) is 0 Å². The minimum Gasteiger partial charge on any atom is -0.798 e. The molecule has 0 aliphatic heterocycles. The number of nitrogens with two attached hydrogens (primary N) is 2. The van der Waals surface area contributed by atoms with Crippen molar-refractivity contribution in [3.05, 3.63) is 6.33 Å². The quantitative estimate of drug-likeness (QED) is 0.538. The van der Waals surface area contributed by atoms with Gasteiger partial charge in [0.05, 0.1) is 19.3 Å². The second-order valence-corrected chi connectivity index (χ2v) is 6.42. The van der Waals surface area contributed by atoms with Gasteiger partial charge >= 0.3 is 0 Å². The Morgan fingerprint density at radius 1 is 1.47 bits per heavy atom. The smallest absolute Gasteiger partial charge is 0.224 e. The lowest BCUT2D eigenvalue weighted by atomic mass is 10.5. The third-order valence-corrected chi connectivity index (χ3v) is 2.96. The topological polar surface area (TPSA) is 145 Å². The number of ether oxygens (including phenoxy) is 1. The van der Waals surface area contributed by atoms with Crippen LogP contribution in [-0.4, -0.2) is 39.1 Å². The molecule has 0 aliphatic rings. The fourth-order valence-corrected chi connectivity index (χ4v) is 2.00. The molecule has 2 aromatic rings. The highest BCUT2D eigenvalue weighted by Crippen LogP contribution is 2.28. The second kappa shape index (κ2) is 5.12. The normalized spacial score (nSPS) is 14.6. The Labute approximate surface area is 109 Å². The van der Waals surface area contributed by atoms with Gasteiger partial charge in [-0.15, -0.1) is 0 Å². The average molecular weight is 285 g/mol. The SMILES string of the molecule is CP(=O)([O-])COCCn1cnc2c(N)nc(N)nc21. The lowest BCUT2D eigenvalue weighted by Crippen LogP contribution is -2.11. The molecule has 0 saturated carbocycles. The van der Waals surface area contributed by atoms with Gasteiger partial charge in [-0.2, -0.15) is 9.97 Å². The van der Waals surface area contributed by atoms with E-state index in [-0.39, 0.29) is 24.7 Å². The van der Waals surface area contributed by atoms with Crippen LogP contribution in [-0.2, 0) is 15.8 Å². The van der Waals surface area contributed by atoms with Gasteiger partial charge < -0.3 is 30.2 Å². The minimum atomic E-state index is -3.40. The predicted octanol–water partition coefficient (Wildman–Crippen LogP) is -0.767. The van der Waals surface area contributed by atoms with Gasteiger partial charge in [0.2, 0.25) is 5.95 Å². The summed E-state index contributed by atoms with van der Waals surface area (Å²) in [6.45, 7) is 1.75. The van der Waals surface area contributed by atoms with Crippen LogP contribution >= 0.6 is 7.37 Å². The van der Waals surface area contributed by atoms with Crippen molar-refractivity contribution in [1.29, 1.82) is 0 Å². The number of imidazole rings is 1. The first-order valence-corrected chi connectivity index (χ1v) is 7.71. The summed E-state index contributed by atoms with van der Waals surface area (Å²) in [7, 11) is -3.40. The molecule has 0 bridgehead atoms. The van der Waals surface area contributed by atoms with E-state index in [1.165, 1.54) is 6.33 Å². The molecule has 2 rings (SSSR count). The number of rotatable bonds is 5. The average Bonchev–Trinajstić information content (AvgIpc) is 2.66. The number of aromatic nitrogens is 4. The maximum Gasteiger partial charge on any atom is 0.224 e. The van der Waals surface area contributed by atoms with Crippen molar-refractivity contribution in [2.24, 2.45) is 0 Å². The summed E-state index contributed by atoms with van der Waals surface area (Å²) in [5.41, 5.74) is 12.1. The predicted molar refractivity (Wildman–Crippen MR) is 68.5 cm³/mol. The minimum absolute atomic E-state index is 0.0604. The highest BCUT2D eigenvalue weighted by molar-refractivity contribution is 7.55. The number of nitrogens with zero attached hydrogens (tertiary/aromatic N) is 4. The monoisotopic (exact) mass is 285 g/mol. The highest BCUT2D eigenvalue weighted by atomic mass is 31.2. The van der Waals surface area contributed by atoms with Gasteiger partial charge in [-0.1, -0.05) is 0 Å². The molecular formula is C9H14N6O3P-. The maximum atomic E-state index is 10.9. The van der Waals surface area contributed by atoms with Crippen molar-refractivity contribution in [2.75, 3.05) is 31.1 Å². The zero-order valence-corrected chi connectivity index (χ0v) is 11.2. The summed E-state index contributed by atoms with van der Waals surface area (Å²) in [6, 6.07) is 0. The van der Waals surface area contributed by atoms with E-state index in [1.54, 1.807) is 4.57 Å². The summed E-state index contributed by atoms with van der Waals surface area (Å²) < 4.78 is 17.7. The molecule has 4 N–H and O–H groups in total. The zero-order chi connectivity index (χ0) is 14.0. The van der Waals surface area contributed by atoms with Crippen molar-refractivity contribution < 1.29 is 14.2 Å². The Bertz CT molecular complexity index is 636. The van der Waals surface area contributed by atoms with Crippen LogP contribution in [0.15, 0.2) is 6.33 Å². The number of anilines is 2. The van der Waals surface area contributed by atoms with Gasteiger partial charge in [0.25, 0.3) is 0 Å². The van der Waals surface area contributed by atoms with Crippen molar-refractivity contribution in [2.45, 2.75) is 6.54 Å². The van der Waals surface area contributed by atoms with Crippen LogP contribution in [0.4, 0.5) is 11.8 Å². The molecule has 1 unspecified atom stereocenters. The second-order valence-electron chi connectivity index (χ2n) is 4.13. The lowest BCUT2D eigenvalue weighted by molar-refractivity contribution is -0.178. The summed E-state index contributed by atoms with van der Waals surface area (Å²) in [4.78, 5) is 22.8. The van der Waals surface area contributed by atoms with Crippen molar-refractivity contribution in [3.8, 4) is 0 Å². The molecular weight excluding hydrogens is 271 g/mol. The third-order valence-electron chi connectivity index (χ3n) is 2.31. The maximum absolute atomic E-state index is 10.9. The Morgan fingerprint density at radius 3 is 2.89 bits per heavy atom.